The van der Waals surface area contributed by atoms with Gasteiger partial charge in [-0.05, 0) is 37.8 Å². The molecule has 0 radical (unpaired) electrons. The fourth-order valence-corrected chi connectivity index (χ4v) is 2.91. The molecule has 0 spiro atoms. The van der Waals surface area contributed by atoms with E-state index in [4.69, 9.17) is 9.47 Å². The van der Waals surface area contributed by atoms with Gasteiger partial charge in [-0.25, -0.2) is 4.79 Å². The van der Waals surface area contributed by atoms with Crippen molar-refractivity contribution in [3.63, 3.8) is 0 Å². The number of ether oxygens (including phenoxy) is 2. The third kappa shape index (κ3) is 4.13. The normalized spacial score (nSPS) is 23.7. The van der Waals surface area contributed by atoms with Crippen LogP contribution in [0, 0.1) is 0 Å². The minimum Gasteiger partial charge on any atom is -0.508 e. The minimum atomic E-state index is -0.466. The van der Waals surface area contributed by atoms with E-state index in [9.17, 15) is 15.0 Å². The number of aromatic hydroxyl groups is 1. The van der Waals surface area contributed by atoms with Crippen LogP contribution in [0.1, 0.15) is 54.9 Å². The Morgan fingerprint density at radius 3 is 2.77 bits per heavy atom. The number of aliphatic hydroxyl groups is 1. The van der Waals surface area contributed by atoms with Crippen LogP contribution in [0.3, 0.4) is 0 Å². The molecule has 0 unspecified atom stereocenters. The molecular formula is C17H24O5. The second kappa shape index (κ2) is 7.49. The van der Waals surface area contributed by atoms with Gasteiger partial charge >= 0.3 is 5.97 Å². The zero-order valence-electron chi connectivity index (χ0n) is 13.2. The average Bonchev–Trinajstić information content (AvgIpc) is 2.44. The summed E-state index contributed by atoms with van der Waals surface area (Å²) >= 11 is 0. The highest BCUT2D eigenvalue weighted by Gasteiger charge is 2.23. The van der Waals surface area contributed by atoms with Crippen molar-refractivity contribution in [2.24, 2.45) is 0 Å². The Kier molecular flexibility index (Phi) is 5.66. The van der Waals surface area contributed by atoms with Crippen LogP contribution in [0.2, 0.25) is 0 Å². The van der Waals surface area contributed by atoms with Gasteiger partial charge in [-0.1, -0.05) is 12.8 Å². The number of aryl methyl sites for hydroxylation is 1. The fourth-order valence-electron chi connectivity index (χ4n) is 2.91. The molecule has 0 amide bonds. The first-order valence-corrected chi connectivity index (χ1v) is 7.80. The topological polar surface area (TPSA) is 76.0 Å². The summed E-state index contributed by atoms with van der Waals surface area (Å²) < 4.78 is 10.7. The molecule has 1 aliphatic rings. The van der Waals surface area contributed by atoms with Gasteiger partial charge in [0.25, 0.3) is 0 Å². The number of rotatable bonds is 1. The van der Waals surface area contributed by atoms with Crippen molar-refractivity contribution in [3.8, 4) is 11.5 Å². The lowest BCUT2D eigenvalue weighted by atomic mass is 9.97. The van der Waals surface area contributed by atoms with Gasteiger partial charge in [-0.3, -0.25) is 0 Å². The smallest absolute Gasteiger partial charge is 0.342 e. The summed E-state index contributed by atoms with van der Waals surface area (Å²) in [5.74, 6) is -0.0594. The van der Waals surface area contributed by atoms with Crippen molar-refractivity contribution >= 4 is 5.97 Å². The van der Waals surface area contributed by atoms with Crippen LogP contribution >= 0.6 is 0 Å². The number of methoxy groups -OCH3 is 1. The molecule has 1 aromatic carbocycles. The number of cyclic esters (lactones) is 1. The lowest BCUT2D eigenvalue weighted by Crippen LogP contribution is -2.23. The maximum Gasteiger partial charge on any atom is 0.342 e. The van der Waals surface area contributed by atoms with Crippen LogP contribution < -0.4 is 4.74 Å². The van der Waals surface area contributed by atoms with Gasteiger partial charge in [0.2, 0.25) is 0 Å². The summed E-state index contributed by atoms with van der Waals surface area (Å²) in [6.45, 7) is 1.78. The van der Waals surface area contributed by atoms with Crippen molar-refractivity contribution in [1.29, 1.82) is 0 Å². The van der Waals surface area contributed by atoms with E-state index in [0.717, 1.165) is 31.2 Å². The number of fused-ring (bicyclic) bond motifs is 1. The maximum absolute atomic E-state index is 12.5. The molecule has 0 aliphatic carbocycles. The number of aliphatic hydroxyl groups excluding tert-OH is 1. The van der Waals surface area contributed by atoms with Crippen LogP contribution in [-0.2, 0) is 11.2 Å². The number of hydrogen-bond donors (Lipinski definition) is 2. The Morgan fingerprint density at radius 1 is 1.27 bits per heavy atom. The summed E-state index contributed by atoms with van der Waals surface area (Å²) in [5, 5.41) is 19.7. The third-order valence-electron chi connectivity index (χ3n) is 3.99. The molecule has 0 bridgehead atoms. The average molecular weight is 308 g/mol. The quantitative estimate of drug-likeness (QED) is 0.780. The van der Waals surface area contributed by atoms with Gasteiger partial charge in [0.1, 0.15) is 23.2 Å². The number of phenolic OH excluding ortho intramolecular Hbond substituents is 1. The number of phenols is 1. The van der Waals surface area contributed by atoms with E-state index in [1.165, 1.54) is 13.2 Å². The van der Waals surface area contributed by atoms with E-state index in [0.29, 0.717) is 24.2 Å². The second-order valence-electron chi connectivity index (χ2n) is 5.89. The standard InChI is InChI=1S/C17H24O5/c1-11-8-13(18)7-5-3-4-6-12-9-14(19)10-15(21-2)16(12)17(20)22-11/h9-11,13,18-19H,3-8H2,1-2H3/t11-,13+/m1/s1. The summed E-state index contributed by atoms with van der Waals surface area (Å²) in [6, 6.07) is 3.02. The molecule has 1 aromatic rings. The SMILES string of the molecule is COc1cc(O)cc2c1C(=O)O[C@H](C)C[C@@H](O)CCCCC2. The molecule has 122 valence electrons. The summed E-state index contributed by atoms with van der Waals surface area (Å²) in [7, 11) is 1.46. The van der Waals surface area contributed by atoms with Gasteiger partial charge in [0.15, 0.2) is 0 Å². The Bertz CT molecular complexity index is 526. The zero-order valence-corrected chi connectivity index (χ0v) is 13.2. The van der Waals surface area contributed by atoms with Crippen molar-refractivity contribution in [1.82, 2.24) is 0 Å². The van der Waals surface area contributed by atoms with E-state index in [-0.39, 0.29) is 11.9 Å². The molecule has 2 N–H and O–H groups in total. The first-order valence-electron chi connectivity index (χ1n) is 7.80. The minimum absolute atomic E-state index is 0.0824. The summed E-state index contributed by atoms with van der Waals surface area (Å²) in [5.41, 5.74) is 1.12. The molecule has 1 aliphatic heterocycles. The van der Waals surface area contributed by atoms with E-state index in [1.807, 2.05) is 0 Å². The van der Waals surface area contributed by atoms with Gasteiger partial charge in [-0.2, -0.15) is 0 Å². The molecular weight excluding hydrogens is 284 g/mol. The maximum atomic E-state index is 12.5. The predicted molar refractivity (Wildman–Crippen MR) is 82.3 cm³/mol. The van der Waals surface area contributed by atoms with E-state index < -0.39 is 12.1 Å². The van der Waals surface area contributed by atoms with E-state index in [1.54, 1.807) is 13.0 Å². The Morgan fingerprint density at radius 2 is 2.05 bits per heavy atom. The van der Waals surface area contributed by atoms with Crippen LogP contribution in [-0.4, -0.2) is 35.5 Å². The van der Waals surface area contributed by atoms with Crippen LogP contribution in [0.4, 0.5) is 0 Å². The molecule has 22 heavy (non-hydrogen) atoms. The molecule has 2 atom stereocenters. The van der Waals surface area contributed by atoms with Gasteiger partial charge < -0.3 is 19.7 Å². The molecule has 0 fully saturated rings. The van der Waals surface area contributed by atoms with Crippen LogP contribution in [0.5, 0.6) is 11.5 Å². The van der Waals surface area contributed by atoms with Crippen molar-refractivity contribution in [2.75, 3.05) is 7.11 Å². The predicted octanol–water partition coefficient (Wildman–Crippen LogP) is 2.81. The van der Waals surface area contributed by atoms with Crippen molar-refractivity contribution in [3.05, 3.63) is 23.3 Å². The molecule has 5 nitrogen and oxygen atoms in total. The molecule has 2 rings (SSSR count). The van der Waals surface area contributed by atoms with Gasteiger partial charge in [-0.15, -0.1) is 0 Å². The van der Waals surface area contributed by atoms with E-state index in [2.05, 4.69) is 0 Å². The number of carbonyl (C=O) groups is 1. The third-order valence-corrected chi connectivity index (χ3v) is 3.99. The fraction of sp³-hybridized carbons (Fsp3) is 0.588. The Hall–Kier alpha value is -1.75. The Labute approximate surface area is 130 Å². The number of benzene rings is 1. The Balaban J connectivity index is 2.35. The van der Waals surface area contributed by atoms with E-state index >= 15 is 0 Å². The summed E-state index contributed by atoms with van der Waals surface area (Å²) in [4.78, 5) is 12.5. The highest BCUT2D eigenvalue weighted by molar-refractivity contribution is 5.94. The van der Waals surface area contributed by atoms with Crippen molar-refractivity contribution < 1.29 is 24.5 Å². The first-order chi connectivity index (χ1) is 10.5. The molecule has 1 heterocycles. The number of carbonyl (C=O) groups excluding carboxylic acids is 1. The zero-order chi connectivity index (χ0) is 16.1. The lowest BCUT2D eigenvalue weighted by molar-refractivity contribution is 0.0182. The molecule has 0 saturated carbocycles. The largest absolute Gasteiger partial charge is 0.508 e. The lowest BCUT2D eigenvalue weighted by Gasteiger charge is -2.20. The second-order valence-corrected chi connectivity index (χ2v) is 5.89. The van der Waals surface area contributed by atoms with Crippen molar-refractivity contribution in [2.45, 2.75) is 57.7 Å². The van der Waals surface area contributed by atoms with Gasteiger partial charge in [0.05, 0.1) is 13.2 Å². The van der Waals surface area contributed by atoms with Crippen LogP contribution in [0.15, 0.2) is 12.1 Å². The molecule has 0 aromatic heterocycles. The number of esters is 1. The number of hydrogen-bond acceptors (Lipinski definition) is 5. The first kappa shape index (κ1) is 16.6. The highest BCUT2D eigenvalue weighted by Crippen LogP contribution is 2.31. The molecule has 0 saturated heterocycles. The monoisotopic (exact) mass is 308 g/mol. The van der Waals surface area contributed by atoms with Crippen LogP contribution in [0.25, 0.3) is 0 Å². The molecule has 5 heteroatoms. The highest BCUT2D eigenvalue weighted by atomic mass is 16.5. The summed E-state index contributed by atoms with van der Waals surface area (Å²) in [6.07, 6.45) is 3.80. The van der Waals surface area contributed by atoms with Gasteiger partial charge in [0, 0.05) is 12.5 Å².